The van der Waals surface area contributed by atoms with Crippen LogP contribution < -0.4 is 0 Å². The predicted octanol–water partition coefficient (Wildman–Crippen LogP) is 2.09. The van der Waals surface area contributed by atoms with E-state index < -0.39 is 3.45 Å². The molecule has 0 bridgehead atoms. The maximum absolute atomic E-state index is 3.46. The second kappa shape index (κ2) is 3.39. The Morgan fingerprint density at radius 1 is 1.17 bits per heavy atom. The maximum atomic E-state index is 3.46. The van der Waals surface area contributed by atoms with Crippen LogP contribution in [0.3, 0.4) is 0 Å². The van der Waals surface area contributed by atoms with Crippen molar-refractivity contribution in [3.05, 3.63) is 0 Å². The molecule has 0 spiro atoms. The Morgan fingerprint density at radius 2 is 1.33 bits per heavy atom. The normalized spacial score (nSPS) is 14.0. The Morgan fingerprint density at radius 3 is 1.33 bits per heavy atom. The summed E-state index contributed by atoms with van der Waals surface area (Å²) in [4.78, 5) is 0. The molecule has 0 radical (unpaired) electrons. The van der Waals surface area contributed by atoms with E-state index in [1.807, 2.05) is 0 Å². The lowest BCUT2D eigenvalue weighted by Gasteiger charge is -1.98. The highest BCUT2D eigenvalue weighted by Gasteiger charge is 2.19. The molecular weight excluding hydrogens is 376 g/mol. The lowest BCUT2D eigenvalue weighted by Crippen LogP contribution is -2.11. The maximum Gasteiger partial charge on any atom is 0.259 e. The first-order valence-corrected chi connectivity index (χ1v) is 16.2. The van der Waals surface area contributed by atoms with Gasteiger partial charge in [-0.3, -0.25) is 0 Å². The number of hydrogen-bond acceptors (Lipinski definition) is 0. The fourth-order valence-corrected chi connectivity index (χ4v) is 0. The van der Waals surface area contributed by atoms with Gasteiger partial charge in [-0.05, 0) is 0 Å². The Bertz CT molecular complexity index is 35.3. The highest BCUT2D eigenvalue weighted by Crippen LogP contribution is 2.26. The molecule has 0 aromatic heterocycles. The first-order valence-electron chi connectivity index (χ1n) is 1.19. The summed E-state index contributed by atoms with van der Waals surface area (Å²) in [5.74, 6) is 0. The minimum atomic E-state index is -1.14. The van der Waals surface area contributed by atoms with Crippen LogP contribution in [-0.2, 0) is 0 Å². The second-order valence-electron chi connectivity index (χ2n) is 0.749. The van der Waals surface area contributed by atoms with Crippen molar-refractivity contribution >= 4 is 72.3 Å². The molecule has 0 amide bonds. The summed E-state index contributed by atoms with van der Waals surface area (Å²) in [5.41, 5.74) is 0. The molecule has 0 fully saturated rings. The summed E-state index contributed by atoms with van der Waals surface area (Å²) in [7, 11) is -0.0463. The molecule has 6 heteroatoms. The largest absolute Gasteiger partial charge is 0.259 e. The van der Waals surface area contributed by atoms with E-state index in [4.69, 9.17) is 0 Å². The quantitative estimate of drug-likeness (QED) is 0.485. The molecule has 0 heterocycles. The van der Waals surface area contributed by atoms with Crippen LogP contribution in [0.1, 0.15) is 0 Å². The van der Waals surface area contributed by atoms with E-state index in [-0.39, 0.29) is 7.66 Å². The monoisotopic (exact) mass is 374 g/mol. The third kappa shape index (κ3) is 6.35. The fourth-order valence-electron chi connectivity index (χ4n) is 0. The topological polar surface area (TPSA) is 0 Å². The molecule has 0 aromatic rings. The van der Waals surface area contributed by atoms with Crippen molar-refractivity contribution in [2.45, 2.75) is 0 Å². The van der Waals surface area contributed by atoms with Crippen LogP contribution >= 0.6 is 61.2 Å². The number of hydrogen-bond donors (Lipinski definition) is 0. The van der Waals surface area contributed by atoms with Crippen molar-refractivity contribution < 1.29 is 0 Å². The van der Waals surface area contributed by atoms with E-state index in [9.17, 15) is 0 Å². The minimum absolute atomic E-state index is 0.0463. The van der Waals surface area contributed by atoms with Gasteiger partial charge < -0.3 is 0 Å². The molecule has 6 heavy (non-hydrogen) atoms. The Labute approximate surface area is 71.4 Å². The van der Waals surface area contributed by atoms with Crippen LogP contribution in [-0.4, -0.2) is 11.1 Å². The molecule has 38 valence electrons. The molecule has 0 saturated carbocycles. The molecule has 0 aromatic carbocycles. The summed E-state index contributed by atoms with van der Waals surface area (Å²) >= 11 is 13.8. The van der Waals surface area contributed by atoms with E-state index in [1.54, 1.807) is 0 Å². The zero-order valence-corrected chi connectivity index (χ0v) is 11.5. The van der Waals surface area contributed by atoms with Crippen LogP contribution in [0, 0.1) is 0 Å². The van der Waals surface area contributed by atoms with Crippen LogP contribution in [0.25, 0.3) is 0 Å². The lowest BCUT2D eigenvalue weighted by atomic mass is 27.0. The van der Waals surface area contributed by atoms with Crippen LogP contribution in [0.4, 0.5) is 0 Å². The predicted molar refractivity (Wildman–Crippen MR) is 50.0 cm³/mol. The van der Waals surface area contributed by atoms with Gasteiger partial charge in [0.25, 0.3) is 3.45 Å². The third-order valence-corrected chi connectivity index (χ3v) is 36.8. The van der Waals surface area contributed by atoms with Gasteiger partial charge in [-0.25, -0.2) is 0 Å². The average molecular weight is 378 g/mol. The van der Waals surface area contributed by atoms with Crippen LogP contribution in [0.2, 0.25) is 0 Å². The van der Waals surface area contributed by atoms with Gasteiger partial charge in [0, 0.05) is 0 Å². The van der Waals surface area contributed by atoms with Crippen molar-refractivity contribution in [3.8, 4) is 0 Å². The van der Waals surface area contributed by atoms with Crippen molar-refractivity contribution in [2.75, 3.05) is 0 Å². The standard InChI is InChI=1S/Br4H2Si2/c1-5-6(2,3)4/h5H2. The van der Waals surface area contributed by atoms with Gasteiger partial charge in [0.15, 0.2) is 0 Å². The van der Waals surface area contributed by atoms with Crippen molar-refractivity contribution in [1.82, 2.24) is 0 Å². The van der Waals surface area contributed by atoms with Gasteiger partial charge in [0.05, 0.1) is 0 Å². The molecule has 0 rings (SSSR count). The fraction of sp³-hybridized carbons (Fsp3) is 0. The smallest absolute Gasteiger partial charge is 0.135 e. The molecule has 0 unspecified atom stereocenters. The van der Waals surface area contributed by atoms with Crippen molar-refractivity contribution in [3.63, 3.8) is 0 Å². The molecule has 0 aliphatic carbocycles. The lowest BCUT2D eigenvalue weighted by molar-refractivity contribution is 4.30. The van der Waals surface area contributed by atoms with E-state index in [0.717, 1.165) is 0 Å². The summed E-state index contributed by atoms with van der Waals surface area (Å²) in [6, 6.07) is 0. The van der Waals surface area contributed by atoms with Gasteiger partial charge >= 0.3 is 0 Å². The molecule has 0 N–H and O–H groups in total. The number of rotatable bonds is 1. The highest BCUT2D eigenvalue weighted by atomic mass is 80.0. The molecule has 0 nitrogen and oxygen atoms in total. The average Bonchev–Trinajstić information content (AvgIpc) is 1.35. The van der Waals surface area contributed by atoms with E-state index in [0.29, 0.717) is 0 Å². The molecule has 0 aliphatic heterocycles. The van der Waals surface area contributed by atoms with Gasteiger partial charge in [-0.1, -0.05) is 45.9 Å². The highest BCUT2D eigenvalue weighted by molar-refractivity contribution is 9.75. The number of halogens is 4. The zero-order valence-electron chi connectivity index (χ0n) is 2.72. The van der Waals surface area contributed by atoms with Gasteiger partial charge in [-0.2, -0.15) is 0 Å². The SMILES string of the molecule is Br[SiH2][Si](Br)(Br)Br. The third-order valence-electron chi connectivity index (χ3n) is 0.152. The molecule has 0 atom stereocenters. The van der Waals surface area contributed by atoms with Crippen LogP contribution in [0.15, 0.2) is 0 Å². The summed E-state index contributed by atoms with van der Waals surface area (Å²) in [6.45, 7) is 0. The molecule has 0 aliphatic rings. The van der Waals surface area contributed by atoms with Crippen molar-refractivity contribution in [2.24, 2.45) is 0 Å². The zero-order chi connectivity index (χ0) is 5.21. The minimum Gasteiger partial charge on any atom is -0.135 e. The Kier molecular flexibility index (Phi) is 4.72. The van der Waals surface area contributed by atoms with E-state index >= 15 is 0 Å². The first-order chi connectivity index (χ1) is 2.56. The van der Waals surface area contributed by atoms with Gasteiger partial charge in [-0.15, -0.1) is 15.3 Å². The summed E-state index contributed by atoms with van der Waals surface area (Å²) in [6.07, 6.45) is 0. The molecule has 0 saturated heterocycles. The Hall–Kier alpha value is 2.35. The first kappa shape index (κ1) is 8.35. The summed E-state index contributed by atoms with van der Waals surface area (Å²) in [5, 5.41) is 0. The van der Waals surface area contributed by atoms with Crippen LogP contribution in [0.5, 0.6) is 0 Å². The molecular formula is H2Br4Si2. The van der Waals surface area contributed by atoms with Crippen molar-refractivity contribution in [1.29, 1.82) is 0 Å². The Balaban J connectivity index is 3.17. The second-order valence-corrected chi connectivity index (χ2v) is 42.4. The summed E-state index contributed by atoms with van der Waals surface area (Å²) < 4.78 is -1.14. The van der Waals surface area contributed by atoms with Gasteiger partial charge in [0.2, 0.25) is 0 Å². The van der Waals surface area contributed by atoms with Gasteiger partial charge in [0.1, 0.15) is 7.66 Å². The van der Waals surface area contributed by atoms with E-state index in [1.165, 1.54) is 0 Å². The van der Waals surface area contributed by atoms with E-state index in [2.05, 4.69) is 61.2 Å².